The lowest BCUT2D eigenvalue weighted by Crippen LogP contribution is -2.20. The van der Waals surface area contributed by atoms with Gasteiger partial charge >= 0.3 is 0 Å². The van der Waals surface area contributed by atoms with Crippen molar-refractivity contribution in [1.29, 1.82) is 5.26 Å². The van der Waals surface area contributed by atoms with Crippen LogP contribution in [0, 0.1) is 23.7 Å². The average Bonchev–Trinajstić information content (AvgIpc) is 2.39. The Balaban J connectivity index is 3.11. The van der Waals surface area contributed by atoms with Crippen molar-refractivity contribution in [3.63, 3.8) is 0 Å². The summed E-state index contributed by atoms with van der Waals surface area (Å²) in [6.07, 6.45) is 5.16. The van der Waals surface area contributed by atoms with Crippen molar-refractivity contribution in [2.75, 3.05) is 20.8 Å². The molecule has 0 aliphatic rings. The molecule has 0 fully saturated rings. The fourth-order valence-electron chi connectivity index (χ4n) is 1.53. The van der Waals surface area contributed by atoms with Gasteiger partial charge in [-0.05, 0) is 6.07 Å². The van der Waals surface area contributed by atoms with Gasteiger partial charge in [-0.2, -0.15) is 5.26 Å². The van der Waals surface area contributed by atoms with Crippen LogP contribution in [0.2, 0.25) is 0 Å². The molecule has 4 nitrogen and oxygen atoms in total. The molecule has 1 aromatic rings. The molecule has 0 saturated carbocycles. The summed E-state index contributed by atoms with van der Waals surface area (Å²) in [6.45, 7) is 0.318. The normalized spacial score (nSPS) is 11.1. The number of hydrogen-bond acceptors (Lipinski definition) is 4. The van der Waals surface area contributed by atoms with Gasteiger partial charge in [0.15, 0.2) is 11.5 Å². The van der Waals surface area contributed by atoms with E-state index in [-0.39, 0.29) is 0 Å². The summed E-state index contributed by atoms with van der Waals surface area (Å²) in [5.74, 6) is 3.57. The van der Waals surface area contributed by atoms with E-state index in [4.69, 9.17) is 21.2 Å². The smallest absolute Gasteiger partial charge is 0.166 e. The van der Waals surface area contributed by atoms with Crippen LogP contribution in [0.5, 0.6) is 11.5 Å². The fourth-order valence-corrected chi connectivity index (χ4v) is 1.53. The molecular weight excluding hydrogens is 216 g/mol. The van der Waals surface area contributed by atoms with Crippen molar-refractivity contribution < 1.29 is 9.47 Å². The van der Waals surface area contributed by atoms with Crippen LogP contribution in [0.4, 0.5) is 0 Å². The molecule has 0 aromatic heterocycles. The van der Waals surface area contributed by atoms with Gasteiger partial charge in [0.25, 0.3) is 0 Å². The van der Waals surface area contributed by atoms with Crippen LogP contribution >= 0.6 is 0 Å². The highest BCUT2D eigenvalue weighted by Gasteiger charge is 2.17. The fraction of sp³-hybridized carbons (Fsp3) is 0.308. The molecule has 1 N–H and O–H groups in total. The molecule has 88 valence electrons. The minimum Gasteiger partial charge on any atom is -0.493 e. The zero-order chi connectivity index (χ0) is 12.7. The molecular formula is C13H14N2O2. The Kier molecular flexibility index (Phi) is 4.87. The summed E-state index contributed by atoms with van der Waals surface area (Å²) < 4.78 is 10.4. The number of ether oxygens (including phenoxy) is 2. The second kappa shape index (κ2) is 6.42. The third kappa shape index (κ3) is 2.90. The number of hydrogen-bond donors (Lipinski definition) is 1. The summed E-state index contributed by atoms with van der Waals surface area (Å²) in [7, 11) is 3.09. The number of nitrogens with one attached hydrogen (secondary N) is 1. The van der Waals surface area contributed by atoms with Crippen LogP contribution in [0.15, 0.2) is 18.2 Å². The maximum absolute atomic E-state index is 9.11. The maximum Gasteiger partial charge on any atom is 0.166 e. The summed E-state index contributed by atoms with van der Waals surface area (Å²) >= 11 is 0. The molecule has 0 spiro atoms. The Morgan fingerprint density at radius 3 is 2.71 bits per heavy atom. The molecule has 1 aromatic carbocycles. The second-order valence-electron chi connectivity index (χ2n) is 3.23. The second-order valence-corrected chi connectivity index (χ2v) is 3.23. The van der Waals surface area contributed by atoms with E-state index in [1.165, 1.54) is 7.11 Å². The molecule has 0 bridgehead atoms. The lowest BCUT2D eigenvalue weighted by Gasteiger charge is -2.16. The van der Waals surface area contributed by atoms with Gasteiger partial charge in [-0.1, -0.05) is 18.1 Å². The molecule has 17 heavy (non-hydrogen) atoms. The summed E-state index contributed by atoms with van der Waals surface area (Å²) in [5.41, 5.74) is 0.713. The predicted octanol–water partition coefficient (Wildman–Crippen LogP) is 1.49. The SMILES string of the molecule is C#CCNC(C#N)c1cccc(OC)c1OC. The first-order valence-corrected chi connectivity index (χ1v) is 5.05. The van der Waals surface area contributed by atoms with Crippen LogP contribution in [0.25, 0.3) is 0 Å². The van der Waals surface area contributed by atoms with Crippen LogP contribution < -0.4 is 14.8 Å². The van der Waals surface area contributed by atoms with E-state index in [0.717, 1.165) is 0 Å². The largest absolute Gasteiger partial charge is 0.493 e. The van der Waals surface area contributed by atoms with Gasteiger partial charge < -0.3 is 9.47 Å². The van der Waals surface area contributed by atoms with Gasteiger partial charge in [-0.15, -0.1) is 6.42 Å². The lowest BCUT2D eigenvalue weighted by molar-refractivity contribution is 0.349. The Morgan fingerprint density at radius 2 is 2.18 bits per heavy atom. The molecule has 4 heteroatoms. The van der Waals surface area contributed by atoms with Gasteiger partial charge in [-0.25, -0.2) is 0 Å². The lowest BCUT2D eigenvalue weighted by atomic mass is 10.1. The third-order valence-electron chi connectivity index (χ3n) is 2.28. The molecule has 0 radical (unpaired) electrons. The summed E-state index contributed by atoms with van der Waals surface area (Å²) in [5, 5.41) is 12.0. The highest BCUT2D eigenvalue weighted by molar-refractivity contribution is 5.49. The Labute approximate surface area is 101 Å². The van der Waals surface area contributed by atoms with Crippen LogP contribution in [0.3, 0.4) is 0 Å². The zero-order valence-corrected chi connectivity index (χ0v) is 9.86. The standard InChI is InChI=1S/C13H14N2O2/c1-4-8-15-11(9-14)10-6-5-7-12(16-2)13(10)17-3/h1,5-7,11,15H,8H2,2-3H3. The minimum atomic E-state index is -0.518. The van der Waals surface area contributed by atoms with Crippen molar-refractivity contribution in [2.24, 2.45) is 0 Å². The van der Waals surface area contributed by atoms with Gasteiger partial charge in [-0.3, -0.25) is 5.32 Å². The summed E-state index contributed by atoms with van der Waals surface area (Å²) in [6, 6.07) is 7.00. The third-order valence-corrected chi connectivity index (χ3v) is 2.28. The molecule has 1 atom stereocenters. The maximum atomic E-state index is 9.11. The van der Waals surface area contributed by atoms with E-state index in [1.54, 1.807) is 25.3 Å². The van der Waals surface area contributed by atoms with Crippen molar-refractivity contribution >= 4 is 0 Å². The van der Waals surface area contributed by atoms with Crippen molar-refractivity contribution in [3.8, 4) is 29.9 Å². The number of para-hydroxylation sites is 1. The molecule has 0 amide bonds. The van der Waals surface area contributed by atoms with E-state index in [0.29, 0.717) is 23.6 Å². The van der Waals surface area contributed by atoms with Crippen LogP contribution in [-0.4, -0.2) is 20.8 Å². The van der Waals surface area contributed by atoms with E-state index in [2.05, 4.69) is 17.3 Å². The zero-order valence-electron chi connectivity index (χ0n) is 9.86. The molecule has 0 heterocycles. The Morgan fingerprint density at radius 1 is 1.41 bits per heavy atom. The highest BCUT2D eigenvalue weighted by Crippen LogP contribution is 2.34. The van der Waals surface area contributed by atoms with Gasteiger partial charge in [0.05, 0.1) is 26.8 Å². The summed E-state index contributed by atoms with van der Waals surface area (Å²) in [4.78, 5) is 0. The van der Waals surface area contributed by atoms with Gasteiger partial charge in [0.2, 0.25) is 0 Å². The number of nitriles is 1. The molecule has 1 rings (SSSR count). The average molecular weight is 230 g/mol. The van der Waals surface area contributed by atoms with Crippen molar-refractivity contribution in [1.82, 2.24) is 5.32 Å². The molecule has 0 aliphatic carbocycles. The molecule has 0 aliphatic heterocycles. The first kappa shape index (κ1) is 12.9. The van der Waals surface area contributed by atoms with Crippen LogP contribution in [0.1, 0.15) is 11.6 Å². The van der Waals surface area contributed by atoms with Gasteiger partial charge in [0, 0.05) is 5.56 Å². The number of benzene rings is 1. The van der Waals surface area contributed by atoms with Crippen LogP contribution in [-0.2, 0) is 0 Å². The Hall–Kier alpha value is -2.17. The van der Waals surface area contributed by atoms with Crippen molar-refractivity contribution in [3.05, 3.63) is 23.8 Å². The first-order chi connectivity index (χ1) is 8.28. The van der Waals surface area contributed by atoms with Gasteiger partial charge in [0.1, 0.15) is 6.04 Å². The number of terminal acetylenes is 1. The highest BCUT2D eigenvalue weighted by atomic mass is 16.5. The number of methoxy groups -OCH3 is 2. The minimum absolute atomic E-state index is 0.318. The van der Waals surface area contributed by atoms with E-state index >= 15 is 0 Å². The predicted molar refractivity (Wildman–Crippen MR) is 64.7 cm³/mol. The van der Waals surface area contributed by atoms with E-state index < -0.39 is 6.04 Å². The van der Waals surface area contributed by atoms with Crippen molar-refractivity contribution in [2.45, 2.75) is 6.04 Å². The number of nitrogens with zero attached hydrogens (tertiary/aromatic N) is 1. The number of rotatable bonds is 5. The van der Waals surface area contributed by atoms with E-state index in [9.17, 15) is 0 Å². The first-order valence-electron chi connectivity index (χ1n) is 5.05. The topological polar surface area (TPSA) is 54.3 Å². The molecule has 1 unspecified atom stereocenters. The quantitative estimate of drug-likeness (QED) is 0.779. The monoisotopic (exact) mass is 230 g/mol. The van der Waals surface area contributed by atoms with E-state index in [1.807, 2.05) is 0 Å². The molecule has 0 saturated heterocycles. The Bertz CT molecular complexity index is 457.